The zero-order chi connectivity index (χ0) is 87.4. The summed E-state index contributed by atoms with van der Waals surface area (Å²) in [6.45, 7) is 17.3. The number of benzene rings is 9. The first kappa shape index (κ1) is 89.7. The van der Waals surface area contributed by atoms with Gasteiger partial charge >= 0.3 is 5.97 Å². The van der Waals surface area contributed by atoms with Crippen LogP contribution in [-0.4, -0.2) is 158 Å². The maximum Gasteiger partial charge on any atom is 0.338 e. The summed E-state index contributed by atoms with van der Waals surface area (Å²) in [4.78, 5) is 111. The lowest BCUT2D eigenvalue weighted by Crippen LogP contribution is -2.26. The smallest absolute Gasteiger partial charge is 0.338 e. The summed E-state index contributed by atoms with van der Waals surface area (Å²) in [5.74, 6) is 4.48. The Morgan fingerprint density at radius 3 is 1.12 bits per heavy atom. The third-order valence-electron chi connectivity index (χ3n) is 24.5. The van der Waals surface area contributed by atoms with Crippen LogP contribution in [-0.2, 0) is 114 Å². The molecule has 6 amide bonds. The second-order valence-corrected chi connectivity index (χ2v) is 32.9. The Morgan fingerprint density at radius 1 is 0.380 bits per heavy atom. The summed E-state index contributed by atoms with van der Waals surface area (Å²) in [5, 5.41) is 17.7. The third kappa shape index (κ3) is 20.2. The summed E-state index contributed by atoms with van der Waals surface area (Å²) in [6.07, 6.45) is 12.8. The van der Waals surface area contributed by atoms with Crippen LogP contribution in [0.3, 0.4) is 0 Å². The van der Waals surface area contributed by atoms with E-state index < -0.39 is 0 Å². The van der Waals surface area contributed by atoms with Gasteiger partial charge in [0.05, 0.1) is 101 Å². The molecule has 0 unspecified atom stereocenters. The van der Waals surface area contributed by atoms with Crippen LogP contribution in [0.5, 0.6) is 0 Å². The van der Waals surface area contributed by atoms with Gasteiger partial charge in [-0.3, -0.25) is 33.7 Å². The maximum absolute atomic E-state index is 12.3. The minimum absolute atomic E-state index is 0. The van der Waals surface area contributed by atoms with Crippen molar-refractivity contribution in [1.82, 2.24) is 89.1 Å². The first-order valence-corrected chi connectivity index (χ1v) is 44.5. The van der Waals surface area contributed by atoms with Gasteiger partial charge in [0, 0.05) is 124 Å². The van der Waals surface area contributed by atoms with Crippen LogP contribution in [0, 0.1) is 6.92 Å². The van der Waals surface area contributed by atoms with Crippen LogP contribution < -0.4 is 31.9 Å². The van der Waals surface area contributed by atoms with Crippen molar-refractivity contribution in [3.05, 3.63) is 302 Å². The normalized spacial score (nSPS) is 14.2. The van der Waals surface area contributed by atoms with Gasteiger partial charge in [-0.1, -0.05) is 143 Å². The SMILES string of the molecule is C.C.CCOC(=O)c1ccc(CCc2nc3cccc4c3n2CCNC4=O)cc1.CCc1ccc(CCc2nc3cccc4c3n2CCNC4=O)cc1.Cc1ccc(CCNC(=O)CCc2nc3cccc4c3n2CCNC4=O)cc1.Cn1cccc1-c1nc2cccc3c2n1CCNC3=O.O=C1NCCn2c(CCc3ccc(CN4CCCC4)cc3)nc3cccc1c32. The second-order valence-electron chi connectivity index (χ2n) is 32.9. The van der Waals surface area contributed by atoms with Gasteiger partial charge in [-0.25, -0.2) is 29.7 Å². The van der Waals surface area contributed by atoms with Gasteiger partial charge < -0.3 is 64.0 Å². The monoisotopic (exact) mass is 1730 g/mol. The molecule has 129 heavy (non-hydrogen) atoms. The third-order valence-corrected chi connectivity index (χ3v) is 24.5. The van der Waals surface area contributed by atoms with E-state index in [1.54, 1.807) is 19.1 Å². The van der Waals surface area contributed by atoms with E-state index in [0.29, 0.717) is 87.5 Å². The number of hydrogen-bond donors (Lipinski definition) is 6. The van der Waals surface area contributed by atoms with Crippen LogP contribution >= 0.6 is 0 Å². The average Bonchev–Trinajstić information content (AvgIpc) is 1.59. The Kier molecular flexibility index (Phi) is 28.6. The number of hydrogen-bond acceptors (Lipinski definition) is 14. The Bertz CT molecular complexity index is 6580. The highest BCUT2D eigenvalue weighted by Gasteiger charge is 2.28. The van der Waals surface area contributed by atoms with Gasteiger partial charge in [-0.15, -0.1) is 0 Å². The van der Waals surface area contributed by atoms with E-state index >= 15 is 0 Å². The Balaban J connectivity index is 0.000000124. The predicted molar refractivity (Wildman–Crippen MR) is 506 cm³/mol. The van der Waals surface area contributed by atoms with E-state index in [9.17, 15) is 33.6 Å². The standard InChI is InChI=1S/C23H26N4O.C22H24N4O2.C21H21N3O3.C20H21N3O.C15H14N4O.2CH4/c28-23-19-4-3-5-20-22(19)27(15-12-24-23)21(25-20)11-10-17-6-8-18(9-7-17)16-26-13-1-2-14-26;1-15-5-7-16(8-6-15)11-12-23-20(27)10-9-19-25-18-4-2-3-17-21(18)26(19)14-13-24-22(17)28;1-2-27-21(26)15-9-6-14(7-10-15)8-11-18-23-17-5-3-4-16-19(17)24(18)13-12-22-20(16)25;1-2-14-6-8-15(9-7-14)10-11-18-22-17-5-3-4-16-19(17)23(18)13-12-21-20(16)24;1-18-8-3-6-12(18)14-17-11-5-2-4-10-13(11)19(14)9-7-16-15(10)20;;/h3-9H,1-2,10-16H2,(H,24,28);2-8H,9-14H2,1H3,(H,23,27)(H,24,28);3-7,9-10H,2,8,11-13H2,1H3,(H,22,25);3-9H,2,10-13H2,1H3,(H,21,24);2-6,8H,7,9H2,1H3,(H,16,20);2*1H4. The Morgan fingerprint density at radius 2 is 0.729 bits per heavy atom. The number of imidazole rings is 5. The molecule has 0 radical (unpaired) electrons. The average molecular weight is 1730 g/mol. The molecule has 6 aromatic heterocycles. The molecule has 26 heteroatoms. The molecule has 0 atom stereocenters. The number of ether oxygens (including phenoxy) is 1. The van der Waals surface area contributed by atoms with Gasteiger partial charge in [0.25, 0.3) is 29.5 Å². The fraction of sp³-hybridized carbons (Fsp3) is 0.320. The molecule has 664 valence electrons. The van der Waals surface area contributed by atoms with E-state index in [1.807, 2.05) is 133 Å². The molecule has 6 N–H and O–H groups in total. The number of para-hydroxylation sites is 5. The number of nitrogens with zero attached hydrogens (tertiary/aromatic N) is 12. The molecule has 0 aliphatic carbocycles. The molecule has 0 spiro atoms. The molecule has 0 saturated carbocycles. The van der Waals surface area contributed by atoms with E-state index in [0.717, 1.165) is 191 Å². The zero-order valence-electron chi connectivity index (χ0n) is 72.4. The first-order chi connectivity index (χ1) is 62.1. The molecule has 6 aliphatic heterocycles. The zero-order valence-corrected chi connectivity index (χ0v) is 72.4. The van der Waals surface area contributed by atoms with Crippen LogP contribution in [0.2, 0.25) is 0 Å². The number of amides is 6. The predicted octanol–water partition coefficient (Wildman–Crippen LogP) is 14.5. The van der Waals surface area contributed by atoms with Gasteiger partial charge in [0.2, 0.25) is 5.91 Å². The Labute approximate surface area is 751 Å². The molecular formula is C103H114N18O8. The topological polar surface area (TPSA) is 298 Å². The van der Waals surface area contributed by atoms with E-state index in [2.05, 4.69) is 151 Å². The number of carbonyl (C=O) groups is 7. The summed E-state index contributed by atoms with van der Waals surface area (Å²) in [7, 11) is 2.00. The molecule has 6 aliphatic rings. The number of nitrogens with one attached hydrogen (secondary N) is 6. The van der Waals surface area contributed by atoms with Crippen LogP contribution in [0.15, 0.2) is 206 Å². The number of aryl methyl sites for hydroxylation is 10. The number of rotatable bonds is 21. The lowest BCUT2D eigenvalue weighted by atomic mass is 10.1. The van der Waals surface area contributed by atoms with Gasteiger partial charge in [0.15, 0.2) is 5.82 Å². The highest BCUT2D eigenvalue weighted by molar-refractivity contribution is 6.09. The fourth-order valence-corrected chi connectivity index (χ4v) is 17.9. The van der Waals surface area contributed by atoms with Crippen molar-refractivity contribution < 1.29 is 38.3 Å². The lowest BCUT2D eigenvalue weighted by Gasteiger charge is -2.14. The maximum atomic E-state index is 12.3. The van der Waals surface area contributed by atoms with Crippen molar-refractivity contribution in [2.75, 3.05) is 59.0 Å². The van der Waals surface area contributed by atoms with Gasteiger partial charge in [-0.05, 0) is 190 Å². The molecule has 26 nitrogen and oxygen atoms in total. The van der Waals surface area contributed by atoms with Crippen molar-refractivity contribution in [3.63, 3.8) is 0 Å². The number of aromatic nitrogens is 11. The van der Waals surface area contributed by atoms with Crippen LogP contribution in [0.1, 0.15) is 172 Å². The van der Waals surface area contributed by atoms with Crippen molar-refractivity contribution in [2.45, 2.75) is 152 Å². The number of carbonyl (C=O) groups excluding carboxylic acids is 7. The molecule has 1 fully saturated rings. The lowest BCUT2D eigenvalue weighted by molar-refractivity contribution is -0.121. The highest BCUT2D eigenvalue weighted by Crippen LogP contribution is 2.32. The molecule has 12 heterocycles. The van der Waals surface area contributed by atoms with Crippen LogP contribution in [0.25, 0.3) is 66.7 Å². The molecular weight excluding hydrogens is 1620 g/mol. The number of esters is 1. The summed E-state index contributed by atoms with van der Waals surface area (Å²) >= 11 is 0. The van der Waals surface area contributed by atoms with E-state index in [-0.39, 0.29) is 56.3 Å². The minimum atomic E-state index is -0.297. The molecule has 21 rings (SSSR count). The van der Waals surface area contributed by atoms with Gasteiger partial charge in [-0.2, -0.15) is 0 Å². The molecule has 0 bridgehead atoms. The van der Waals surface area contributed by atoms with Gasteiger partial charge in [0.1, 0.15) is 23.3 Å². The quantitative estimate of drug-likeness (QED) is 0.0365. The number of likely N-dealkylation sites (tertiary alicyclic amines) is 1. The summed E-state index contributed by atoms with van der Waals surface area (Å²) < 4.78 is 17.9. The summed E-state index contributed by atoms with van der Waals surface area (Å²) in [5.41, 5.74) is 23.2. The Hall–Kier alpha value is -14.1. The largest absolute Gasteiger partial charge is 0.462 e. The molecule has 15 aromatic rings. The fourth-order valence-electron chi connectivity index (χ4n) is 17.9. The molecule has 9 aromatic carbocycles. The highest BCUT2D eigenvalue weighted by atomic mass is 16.5. The van der Waals surface area contributed by atoms with Crippen molar-refractivity contribution in [2.24, 2.45) is 7.05 Å². The minimum Gasteiger partial charge on any atom is -0.462 e. The van der Waals surface area contributed by atoms with Crippen molar-refractivity contribution >= 4 is 96.6 Å². The van der Waals surface area contributed by atoms with E-state index in [1.165, 1.54) is 59.3 Å². The summed E-state index contributed by atoms with van der Waals surface area (Å²) in [6, 6.07) is 66.3. The first-order valence-electron chi connectivity index (χ1n) is 44.5. The van der Waals surface area contributed by atoms with Crippen molar-refractivity contribution in [1.29, 1.82) is 0 Å². The van der Waals surface area contributed by atoms with Crippen molar-refractivity contribution in [3.8, 4) is 11.5 Å². The van der Waals surface area contributed by atoms with E-state index in [4.69, 9.17) is 24.7 Å². The van der Waals surface area contributed by atoms with Crippen LogP contribution in [0.4, 0.5) is 0 Å². The molecule has 1 saturated heterocycles. The second kappa shape index (κ2) is 41.1.